The van der Waals surface area contributed by atoms with Gasteiger partial charge in [-0.2, -0.15) is 0 Å². The summed E-state index contributed by atoms with van der Waals surface area (Å²) < 4.78 is 0. The zero-order chi connectivity index (χ0) is 12.9. The van der Waals surface area contributed by atoms with Crippen LogP contribution in [0.2, 0.25) is 0 Å². The Hall–Kier alpha value is -0.370. The fourth-order valence-electron chi connectivity index (χ4n) is 1.36. The van der Waals surface area contributed by atoms with Gasteiger partial charge in [-0.3, -0.25) is 4.79 Å². The molecule has 0 rings (SSSR count). The van der Waals surface area contributed by atoms with Crippen LogP contribution in [0.25, 0.3) is 0 Å². The molecule has 0 aromatic rings. The van der Waals surface area contributed by atoms with E-state index in [0.717, 1.165) is 0 Å². The highest BCUT2D eigenvalue weighted by Gasteiger charge is 2.28. The van der Waals surface area contributed by atoms with E-state index < -0.39 is 0 Å². The first-order valence-corrected chi connectivity index (χ1v) is 5.86. The maximum atomic E-state index is 11.8. The van der Waals surface area contributed by atoms with E-state index >= 15 is 0 Å². The van der Waals surface area contributed by atoms with Crippen LogP contribution in [0.3, 0.4) is 0 Å². The van der Waals surface area contributed by atoms with Gasteiger partial charge in [-0.15, -0.1) is 0 Å². The van der Waals surface area contributed by atoms with Gasteiger partial charge in [0.05, 0.1) is 6.04 Å². The third-order valence-electron chi connectivity index (χ3n) is 1.78. The summed E-state index contributed by atoms with van der Waals surface area (Å²) in [5.41, 5.74) is -0.252. The van der Waals surface area contributed by atoms with Crippen molar-refractivity contribution in [3.63, 3.8) is 0 Å². The van der Waals surface area contributed by atoms with Gasteiger partial charge in [0.25, 0.3) is 0 Å². The quantitative estimate of drug-likeness (QED) is 0.765. The third kappa shape index (κ3) is 8.61. The van der Waals surface area contributed by atoms with Gasteiger partial charge in [0.2, 0.25) is 0 Å². The van der Waals surface area contributed by atoms with Crippen LogP contribution >= 0.6 is 0 Å². The van der Waals surface area contributed by atoms with E-state index in [1.54, 1.807) is 0 Å². The Labute approximate surface area is 95.8 Å². The molecule has 0 spiro atoms. The van der Waals surface area contributed by atoms with E-state index in [1.165, 1.54) is 0 Å². The lowest BCUT2D eigenvalue weighted by Crippen LogP contribution is -2.49. The van der Waals surface area contributed by atoms with Crippen LogP contribution in [0, 0.1) is 5.41 Å². The van der Waals surface area contributed by atoms with Crippen molar-refractivity contribution in [2.45, 2.75) is 73.9 Å². The average molecular weight is 215 g/mol. The van der Waals surface area contributed by atoms with E-state index in [9.17, 15) is 4.79 Å². The Morgan fingerprint density at radius 3 is 1.53 bits per heavy atom. The fraction of sp³-hybridized carbons (Fsp3) is 0.923. The first-order valence-electron chi connectivity index (χ1n) is 5.86. The molecule has 0 amide bonds. The van der Waals surface area contributed by atoms with Crippen LogP contribution in [-0.2, 0) is 4.79 Å². The van der Waals surface area contributed by atoms with Gasteiger partial charge in [-0.05, 0) is 27.7 Å². The SMILES string of the molecule is CC.C[C@H](NC(C)(C)C)C(=O)C(C)(C)C. The normalized spacial score (nSPS) is 13.9. The second-order valence-electron chi connectivity index (χ2n) is 5.73. The fourth-order valence-corrected chi connectivity index (χ4v) is 1.36. The second kappa shape index (κ2) is 6.26. The van der Waals surface area contributed by atoms with Gasteiger partial charge >= 0.3 is 0 Å². The van der Waals surface area contributed by atoms with E-state index in [2.05, 4.69) is 26.1 Å². The molecule has 0 aliphatic carbocycles. The highest BCUT2D eigenvalue weighted by atomic mass is 16.1. The molecule has 0 radical (unpaired) electrons. The van der Waals surface area contributed by atoms with Crippen molar-refractivity contribution in [1.82, 2.24) is 5.32 Å². The molecule has 0 bridgehead atoms. The van der Waals surface area contributed by atoms with Crippen molar-refractivity contribution in [2.24, 2.45) is 5.41 Å². The Morgan fingerprint density at radius 2 is 1.33 bits per heavy atom. The van der Waals surface area contributed by atoms with Crippen molar-refractivity contribution in [1.29, 1.82) is 0 Å². The number of nitrogens with one attached hydrogen (secondary N) is 1. The average Bonchev–Trinajstić information content (AvgIpc) is 2.02. The minimum Gasteiger partial charge on any atom is -0.303 e. The topological polar surface area (TPSA) is 29.1 Å². The van der Waals surface area contributed by atoms with Crippen LogP contribution in [0.4, 0.5) is 0 Å². The number of rotatable bonds is 2. The lowest BCUT2D eigenvalue weighted by molar-refractivity contribution is -0.128. The molecule has 0 heterocycles. The van der Waals surface area contributed by atoms with Crippen LogP contribution < -0.4 is 5.32 Å². The van der Waals surface area contributed by atoms with E-state index in [-0.39, 0.29) is 22.8 Å². The summed E-state index contributed by atoms with van der Waals surface area (Å²) in [6.45, 7) is 18.0. The third-order valence-corrected chi connectivity index (χ3v) is 1.78. The molecule has 2 nitrogen and oxygen atoms in total. The Bertz CT molecular complexity index is 184. The van der Waals surface area contributed by atoms with Crippen LogP contribution in [0.1, 0.15) is 62.3 Å². The number of carbonyl (C=O) groups is 1. The number of carbonyl (C=O) groups excluding carboxylic acids is 1. The van der Waals surface area contributed by atoms with Crippen molar-refractivity contribution in [2.75, 3.05) is 0 Å². The molecule has 0 unspecified atom stereocenters. The van der Waals surface area contributed by atoms with Crippen molar-refractivity contribution < 1.29 is 4.79 Å². The molecule has 0 aliphatic rings. The molecule has 0 aromatic carbocycles. The van der Waals surface area contributed by atoms with Crippen molar-refractivity contribution in [3.8, 4) is 0 Å². The number of ketones is 1. The summed E-state index contributed by atoms with van der Waals surface area (Å²) in [5.74, 6) is 0.266. The summed E-state index contributed by atoms with van der Waals surface area (Å²) in [7, 11) is 0. The van der Waals surface area contributed by atoms with Gasteiger partial charge in [0, 0.05) is 11.0 Å². The minimum absolute atomic E-state index is 0.000324. The second-order valence-corrected chi connectivity index (χ2v) is 5.73. The van der Waals surface area contributed by atoms with Crippen molar-refractivity contribution in [3.05, 3.63) is 0 Å². The van der Waals surface area contributed by atoms with Crippen LogP contribution in [-0.4, -0.2) is 17.4 Å². The lowest BCUT2D eigenvalue weighted by Gasteiger charge is -2.29. The standard InChI is InChI=1S/C11H23NO.C2H6/c1-8(12-11(5,6)7)9(13)10(2,3)4;1-2/h8,12H,1-7H3;1-2H3/t8-;/m0./s1. The molecule has 0 fully saturated rings. The molecule has 0 aromatic heterocycles. The van der Waals surface area contributed by atoms with E-state index in [1.807, 2.05) is 41.5 Å². The molecule has 15 heavy (non-hydrogen) atoms. The number of Topliss-reactive ketones (excluding diaryl/α,β-unsaturated/α-hetero) is 1. The van der Waals surface area contributed by atoms with E-state index in [0.29, 0.717) is 0 Å². The molecule has 0 aliphatic heterocycles. The number of hydrogen-bond acceptors (Lipinski definition) is 2. The van der Waals surface area contributed by atoms with Gasteiger partial charge in [0.15, 0.2) is 5.78 Å². The molecule has 1 atom stereocenters. The molecular weight excluding hydrogens is 186 g/mol. The van der Waals surface area contributed by atoms with Gasteiger partial charge in [-0.25, -0.2) is 0 Å². The summed E-state index contributed by atoms with van der Waals surface area (Å²) in [6, 6.07) is -0.0694. The molecule has 0 saturated carbocycles. The van der Waals surface area contributed by atoms with E-state index in [4.69, 9.17) is 0 Å². The Kier molecular flexibility index (Phi) is 7.12. The molecular formula is C13H29NO. The van der Waals surface area contributed by atoms with Gasteiger partial charge < -0.3 is 5.32 Å². The molecule has 0 saturated heterocycles. The summed E-state index contributed by atoms with van der Waals surface area (Å²) >= 11 is 0. The Balaban J connectivity index is 0. The van der Waals surface area contributed by atoms with Gasteiger partial charge in [-0.1, -0.05) is 34.6 Å². The zero-order valence-corrected chi connectivity index (χ0v) is 12.0. The van der Waals surface area contributed by atoms with Crippen molar-refractivity contribution >= 4 is 5.78 Å². The summed E-state index contributed by atoms with van der Waals surface area (Å²) in [5, 5.41) is 3.28. The van der Waals surface area contributed by atoms with Crippen LogP contribution in [0.15, 0.2) is 0 Å². The highest BCUT2D eigenvalue weighted by Crippen LogP contribution is 2.17. The first-order chi connectivity index (χ1) is 6.54. The molecule has 2 heteroatoms. The highest BCUT2D eigenvalue weighted by molar-refractivity contribution is 5.88. The predicted molar refractivity (Wildman–Crippen MR) is 68.2 cm³/mol. The maximum absolute atomic E-state index is 11.8. The summed E-state index contributed by atoms with van der Waals surface area (Å²) in [6.07, 6.45) is 0. The zero-order valence-electron chi connectivity index (χ0n) is 12.0. The van der Waals surface area contributed by atoms with Gasteiger partial charge in [0.1, 0.15) is 0 Å². The monoisotopic (exact) mass is 215 g/mol. The minimum atomic E-state index is -0.252. The first kappa shape index (κ1) is 17.0. The number of hydrogen-bond donors (Lipinski definition) is 1. The predicted octanol–water partition coefficient (Wildman–Crippen LogP) is 3.40. The molecule has 92 valence electrons. The molecule has 1 N–H and O–H groups in total. The summed E-state index contributed by atoms with van der Waals surface area (Å²) in [4.78, 5) is 11.8. The lowest BCUT2D eigenvalue weighted by atomic mass is 9.86. The maximum Gasteiger partial charge on any atom is 0.154 e. The largest absolute Gasteiger partial charge is 0.303 e. The van der Waals surface area contributed by atoms with Crippen LogP contribution in [0.5, 0.6) is 0 Å². The smallest absolute Gasteiger partial charge is 0.154 e. The Morgan fingerprint density at radius 1 is 1.00 bits per heavy atom.